The van der Waals surface area contributed by atoms with Crippen LogP contribution >= 0.6 is 0 Å². The van der Waals surface area contributed by atoms with Crippen molar-refractivity contribution < 1.29 is 28.6 Å². The van der Waals surface area contributed by atoms with Crippen LogP contribution < -0.4 is 0 Å². The van der Waals surface area contributed by atoms with Gasteiger partial charge in [0.05, 0.1) is 0 Å². The Morgan fingerprint density at radius 2 is 0.513 bits per heavy atom. The molecule has 0 aliphatic heterocycles. The third-order valence-electron chi connectivity index (χ3n) is 12.5. The summed E-state index contributed by atoms with van der Waals surface area (Å²) in [5, 5.41) is 0. The molecule has 0 amide bonds. The van der Waals surface area contributed by atoms with Crippen LogP contribution in [0.15, 0.2) is 146 Å². The second-order valence-corrected chi connectivity index (χ2v) is 19.9. The number of unbranched alkanes of at least 4 members (excludes halogenated alkanes) is 19. The molecule has 0 rings (SSSR count). The first kappa shape index (κ1) is 71.3. The molecule has 428 valence electrons. The summed E-state index contributed by atoms with van der Waals surface area (Å²) in [6.07, 6.45) is 89.9. The van der Waals surface area contributed by atoms with Crippen molar-refractivity contribution in [1.29, 1.82) is 0 Å². The smallest absolute Gasteiger partial charge is 0.306 e. The molecule has 0 aromatic heterocycles. The summed E-state index contributed by atoms with van der Waals surface area (Å²) in [6.45, 7) is 6.40. The Bertz CT molecular complexity index is 1680. The Balaban J connectivity index is 4.30. The second-order valence-electron chi connectivity index (χ2n) is 19.9. The van der Waals surface area contributed by atoms with Crippen LogP contribution in [0.3, 0.4) is 0 Å². The minimum Gasteiger partial charge on any atom is -0.462 e. The van der Waals surface area contributed by atoms with Gasteiger partial charge in [-0.3, -0.25) is 14.4 Å². The SMILES string of the molecule is CC/C=C\C/C=C\C/C=C\C/C=C\C/C=C\C/C=C\C/C=C\C/C=C\C/C=C\CCCCCCCC(=O)OCC(COC(=O)CCCCCCC/C=C\CCCC)OC(=O)CCCCCCC/C=C\C/C=C\CCCC. The Kier molecular flexibility index (Phi) is 58.9. The third kappa shape index (κ3) is 60.2. The average molecular weight is 1050 g/mol. The van der Waals surface area contributed by atoms with Crippen molar-refractivity contribution in [2.45, 2.75) is 264 Å². The van der Waals surface area contributed by atoms with Gasteiger partial charge in [-0.2, -0.15) is 0 Å². The maximum absolute atomic E-state index is 12.8. The van der Waals surface area contributed by atoms with Crippen molar-refractivity contribution in [3.63, 3.8) is 0 Å². The summed E-state index contributed by atoms with van der Waals surface area (Å²) in [7, 11) is 0. The number of carbonyl (C=O) groups excluding carboxylic acids is 3. The molecule has 0 fully saturated rings. The van der Waals surface area contributed by atoms with Crippen LogP contribution in [-0.2, 0) is 28.6 Å². The first-order valence-electron chi connectivity index (χ1n) is 30.8. The van der Waals surface area contributed by atoms with E-state index in [2.05, 4.69) is 167 Å². The quantitative estimate of drug-likeness (QED) is 0.0261. The molecule has 0 heterocycles. The fourth-order valence-corrected chi connectivity index (χ4v) is 7.90. The molecule has 6 heteroatoms. The largest absolute Gasteiger partial charge is 0.462 e. The summed E-state index contributed by atoms with van der Waals surface area (Å²) in [6, 6.07) is 0. The van der Waals surface area contributed by atoms with Crippen LogP contribution in [0.25, 0.3) is 0 Å². The lowest BCUT2D eigenvalue weighted by atomic mass is 10.1. The molecule has 1 unspecified atom stereocenters. The van der Waals surface area contributed by atoms with E-state index < -0.39 is 6.10 Å². The van der Waals surface area contributed by atoms with E-state index in [-0.39, 0.29) is 31.1 Å². The summed E-state index contributed by atoms with van der Waals surface area (Å²) >= 11 is 0. The molecule has 6 nitrogen and oxygen atoms in total. The number of hydrogen-bond acceptors (Lipinski definition) is 6. The van der Waals surface area contributed by atoms with E-state index in [0.29, 0.717) is 19.3 Å². The Hall–Kier alpha value is -4.71. The van der Waals surface area contributed by atoms with E-state index in [4.69, 9.17) is 14.2 Å². The molecule has 0 saturated carbocycles. The van der Waals surface area contributed by atoms with Crippen LogP contribution in [0.2, 0.25) is 0 Å². The van der Waals surface area contributed by atoms with Crippen LogP contribution in [0.5, 0.6) is 0 Å². The molecule has 0 aromatic carbocycles. The number of ether oxygens (including phenoxy) is 3. The Labute approximate surface area is 467 Å². The molecule has 0 N–H and O–H groups in total. The molecule has 0 aromatic rings. The summed E-state index contributed by atoms with van der Waals surface area (Å²) in [5.41, 5.74) is 0. The average Bonchev–Trinajstić information content (AvgIpc) is 3.42. The fourth-order valence-electron chi connectivity index (χ4n) is 7.90. The van der Waals surface area contributed by atoms with Crippen LogP contribution in [0.4, 0.5) is 0 Å². The van der Waals surface area contributed by atoms with Gasteiger partial charge in [-0.25, -0.2) is 0 Å². The van der Waals surface area contributed by atoms with E-state index in [1.54, 1.807) is 0 Å². The highest BCUT2D eigenvalue weighted by Gasteiger charge is 2.19. The van der Waals surface area contributed by atoms with Gasteiger partial charge < -0.3 is 14.2 Å². The van der Waals surface area contributed by atoms with E-state index in [1.165, 1.54) is 44.9 Å². The van der Waals surface area contributed by atoms with Crippen molar-refractivity contribution in [2.24, 2.45) is 0 Å². The maximum atomic E-state index is 12.8. The normalized spacial score (nSPS) is 13.1. The van der Waals surface area contributed by atoms with Gasteiger partial charge in [-0.05, 0) is 135 Å². The molecule has 0 aliphatic rings. The van der Waals surface area contributed by atoms with Gasteiger partial charge in [-0.15, -0.1) is 0 Å². The Morgan fingerprint density at radius 3 is 0.816 bits per heavy atom. The van der Waals surface area contributed by atoms with Crippen molar-refractivity contribution >= 4 is 17.9 Å². The zero-order valence-corrected chi connectivity index (χ0v) is 49.0. The minimum absolute atomic E-state index is 0.0986. The van der Waals surface area contributed by atoms with Crippen molar-refractivity contribution in [3.05, 3.63) is 146 Å². The number of rotatable bonds is 54. The van der Waals surface area contributed by atoms with E-state index in [1.807, 2.05) is 0 Å². The zero-order valence-electron chi connectivity index (χ0n) is 49.0. The molecule has 0 bridgehead atoms. The Morgan fingerprint density at radius 1 is 0.276 bits per heavy atom. The molecule has 1 atom stereocenters. The van der Waals surface area contributed by atoms with Gasteiger partial charge in [0.1, 0.15) is 13.2 Å². The zero-order chi connectivity index (χ0) is 55.0. The summed E-state index contributed by atoms with van der Waals surface area (Å²) < 4.78 is 16.8. The van der Waals surface area contributed by atoms with E-state index >= 15 is 0 Å². The summed E-state index contributed by atoms with van der Waals surface area (Å²) in [4.78, 5) is 38.1. The van der Waals surface area contributed by atoms with Crippen LogP contribution in [0.1, 0.15) is 258 Å². The number of allylic oxidation sites excluding steroid dienone is 24. The van der Waals surface area contributed by atoms with Gasteiger partial charge >= 0.3 is 17.9 Å². The lowest BCUT2D eigenvalue weighted by molar-refractivity contribution is -0.167. The lowest BCUT2D eigenvalue weighted by Crippen LogP contribution is -2.30. The number of hydrogen-bond donors (Lipinski definition) is 0. The van der Waals surface area contributed by atoms with Crippen molar-refractivity contribution in [3.8, 4) is 0 Å². The van der Waals surface area contributed by atoms with Crippen molar-refractivity contribution in [1.82, 2.24) is 0 Å². The summed E-state index contributed by atoms with van der Waals surface area (Å²) in [5.74, 6) is -0.947. The minimum atomic E-state index is -0.802. The predicted octanol–water partition coefficient (Wildman–Crippen LogP) is 21.2. The van der Waals surface area contributed by atoms with Gasteiger partial charge in [0.25, 0.3) is 0 Å². The van der Waals surface area contributed by atoms with Gasteiger partial charge in [0, 0.05) is 19.3 Å². The number of carbonyl (C=O) groups is 3. The molecule has 0 saturated heterocycles. The molecule has 0 spiro atoms. The van der Waals surface area contributed by atoms with E-state index in [9.17, 15) is 14.4 Å². The third-order valence-corrected chi connectivity index (χ3v) is 12.5. The molecule has 76 heavy (non-hydrogen) atoms. The van der Waals surface area contributed by atoms with Crippen molar-refractivity contribution in [2.75, 3.05) is 13.2 Å². The first-order valence-corrected chi connectivity index (χ1v) is 30.8. The van der Waals surface area contributed by atoms with Gasteiger partial charge in [-0.1, -0.05) is 250 Å². The monoisotopic (exact) mass is 1050 g/mol. The maximum Gasteiger partial charge on any atom is 0.306 e. The lowest BCUT2D eigenvalue weighted by Gasteiger charge is -2.18. The van der Waals surface area contributed by atoms with E-state index in [0.717, 1.165) is 173 Å². The highest BCUT2D eigenvalue weighted by Crippen LogP contribution is 2.13. The first-order chi connectivity index (χ1) is 37.5. The highest BCUT2D eigenvalue weighted by atomic mass is 16.6. The van der Waals surface area contributed by atoms with Gasteiger partial charge in [0.15, 0.2) is 6.10 Å². The predicted molar refractivity (Wildman–Crippen MR) is 329 cm³/mol. The fraction of sp³-hybridized carbons (Fsp3) is 0.614. The highest BCUT2D eigenvalue weighted by molar-refractivity contribution is 5.71. The molecular weight excluding hydrogens is 937 g/mol. The molecular formula is C70H112O6. The van der Waals surface area contributed by atoms with Crippen LogP contribution in [-0.4, -0.2) is 37.2 Å². The van der Waals surface area contributed by atoms with Gasteiger partial charge in [0.2, 0.25) is 0 Å². The van der Waals surface area contributed by atoms with Crippen LogP contribution in [0, 0.1) is 0 Å². The molecule has 0 radical (unpaired) electrons. The molecule has 0 aliphatic carbocycles. The number of esters is 3. The second kappa shape index (κ2) is 62.8. The topological polar surface area (TPSA) is 78.9 Å². The standard InChI is InChI=1S/C70H112O6/c1-4-7-10-13-16-19-22-24-26-27-28-29-30-31-32-33-34-35-36-37-38-39-40-41-42-43-44-46-48-51-54-57-60-63-69(72)75-66-67(65-74-68(71)62-59-56-53-50-47-21-18-15-12-9-6-3)76-70(73)64-61-58-55-52-49-45-25-23-20-17-14-11-8-5-2/h7,10,14-19,23-26,28-29,31-32,34-35,37-38,40-41,43-44,67H,4-6,8-9,11-13,20-22,27,30,33,36,39,42,45-66H2,1-3H3/b10-7-,17-14-,18-15-,19-16-,25-23-,26-24-,29-28-,32-31-,35-34-,38-37-,41-40-,44-43-.